The molecule has 0 spiro atoms. The SMILES string of the molecule is COC(=O)CC(NC(=O)c1scnc1C)c1ccc(C)cc1. The Bertz CT molecular complexity index is 664. The lowest BCUT2D eigenvalue weighted by atomic mass is 10.0. The van der Waals surface area contributed by atoms with Crippen LogP contribution in [0.25, 0.3) is 0 Å². The first-order chi connectivity index (χ1) is 10.5. The highest BCUT2D eigenvalue weighted by Crippen LogP contribution is 2.20. The minimum Gasteiger partial charge on any atom is -0.469 e. The summed E-state index contributed by atoms with van der Waals surface area (Å²) in [5.41, 5.74) is 4.30. The number of hydrogen-bond acceptors (Lipinski definition) is 5. The number of carbonyl (C=O) groups is 2. The highest BCUT2D eigenvalue weighted by atomic mass is 32.1. The fourth-order valence-electron chi connectivity index (χ4n) is 2.04. The molecule has 2 aromatic rings. The van der Waals surface area contributed by atoms with Gasteiger partial charge in [-0.1, -0.05) is 29.8 Å². The quantitative estimate of drug-likeness (QED) is 0.861. The second-order valence-corrected chi connectivity index (χ2v) is 5.84. The van der Waals surface area contributed by atoms with E-state index in [9.17, 15) is 9.59 Å². The van der Waals surface area contributed by atoms with Gasteiger partial charge in [-0.2, -0.15) is 0 Å². The van der Waals surface area contributed by atoms with Gasteiger partial charge >= 0.3 is 5.97 Å². The average Bonchev–Trinajstić information content (AvgIpc) is 2.93. The zero-order valence-corrected chi connectivity index (χ0v) is 13.6. The van der Waals surface area contributed by atoms with Crippen LogP contribution in [0.15, 0.2) is 29.8 Å². The molecule has 116 valence electrons. The maximum absolute atomic E-state index is 12.4. The number of nitrogens with zero attached hydrogens (tertiary/aromatic N) is 1. The molecule has 6 heteroatoms. The van der Waals surface area contributed by atoms with Gasteiger partial charge in [0.15, 0.2) is 0 Å². The van der Waals surface area contributed by atoms with Crippen LogP contribution in [-0.4, -0.2) is 24.0 Å². The van der Waals surface area contributed by atoms with Crippen LogP contribution >= 0.6 is 11.3 Å². The van der Waals surface area contributed by atoms with E-state index in [-0.39, 0.29) is 18.3 Å². The predicted octanol–water partition coefficient (Wildman–Crippen LogP) is 2.79. The van der Waals surface area contributed by atoms with E-state index in [1.54, 1.807) is 12.4 Å². The molecule has 1 aromatic carbocycles. The molecule has 0 aliphatic heterocycles. The van der Waals surface area contributed by atoms with Crippen LogP contribution in [-0.2, 0) is 9.53 Å². The molecule has 22 heavy (non-hydrogen) atoms. The molecule has 0 bridgehead atoms. The second kappa shape index (κ2) is 7.17. The number of carbonyl (C=O) groups excluding carboxylic acids is 2. The largest absolute Gasteiger partial charge is 0.469 e. The van der Waals surface area contributed by atoms with Crippen LogP contribution < -0.4 is 5.32 Å². The molecule has 0 aliphatic carbocycles. The number of benzene rings is 1. The van der Waals surface area contributed by atoms with E-state index in [1.165, 1.54) is 18.4 Å². The Morgan fingerprint density at radius 3 is 2.50 bits per heavy atom. The Hall–Kier alpha value is -2.21. The summed E-state index contributed by atoms with van der Waals surface area (Å²) in [4.78, 5) is 28.6. The smallest absolute Gasteiger partial charge is 0.307 e. The summed E-state index contributed by atoms with van der Waals surface area (Å²) in [6.45, 7) is 3.77. The fraction of sp³-hybridized carbons (Fsp3) is 0.312. The third-order valence-corrected chi connectivity index (χ3v) is 4.26. The van der Waals surface area contributed by atoms with Crippen LogP contribution in [0.5, 0.6) is 0 Å². The van der Waals surface area contributed by atoms with Gasteiger partial charge in [0.05, 0.1) is 30.8 Å². The van der Waals surface area contributed by atoms with Gasteiger partial charge in [0, 0.05) is 0 Å². The van der Waals surface area contributed by atoms with Gasteiger partial charge in [0.25, 0.3) is 5.91 Å². The lowest BCUT2D eigenvalue weighted by Crippen LogP contribution is -2.30. The molecule has 1 atom stereocenters. The maximum Gasteiger partial charge on any atom is 0.307 e. The summed E-state index contributed by atoms with van der Waals surface area (Å²) >= 11 is 1.28. The summed E-state index contributed by atoms with van der Waals surface area (Å²) in [6, 6.07) is 7.28. The molecule has 2 rings (SSSR count). The van der Waals surface area contributed by atoms with Crippen LogP contribution in [0, 0.1) is 13.8 Å². The molecule has 1 aromatic heterocycles. The summed E-state index contributed by atoms with van der Waals surface area (Å²) < 4.78 is 4.72. The van der Waals surface area contributed by atoms with Crippen molar-refractivity contribution in [1.82, 2.24) is 10.3 Å². The molecule has 5 nitrogen and oxygen atoms in total. The van der Waals surface area contributed by atoms with Gasteiger partial charge in [-0.15, -0.1) is 11.3 Å². The summed E-state index contributed by atoms with van der Waals surface area (Å²) in [6.07, 6.45) is 0.0865. The first-order valence-electron chi connectivity index (χ1n) is 6.85. The van der Waals surface area contributed by atoms with Crippen molar-refractivity contribution in [3.8, 4) is 0 Å². The number of methoxy groups -OCH3 is 1. The Morgan fingerprint density at radius 1 is 1.27 bits per heavy atom. The van der Waals surface area contributed by atoms with Gasteiger partial charge < -0.3 is 10.1 Å². The highest BCUT2D eigenvalue weighted by Gasteiger charge is 2.21. The van der Waals surface area contributed by atoms with Crippen molar-refractivity contribution in [2.45, 2.75) is 26.3 Å². The first-order valence-corrected chi connectivity index (χ1v) is 7.73. The Balaban J connectivity index is 2.21. The molecule has 1 amide bonds. The Morgan fingerprint density at radius 2 is 1.95 bits per heavy atom. The third kappa shape index (κ3) is 3.92. The number of thiazole rings is 1. The zero-order valence-electron chi connectivity index (χ0n) is 12.8. The van der Waals surface area contributed by atoms with Gasteiger partial charge in [-0.05, 0) is 19.4 Å². The minimum atomic E-state index is -0.429. The first kappa shape index (κ1) is 16.2. The number of amides is 1. The predicted molar refractivity (Wildman–Crippen MR) is 84.9 cm³/mol. The molecule has 1 unspecified atom stereocenters. The van der Waals surface area contributed by atoms with E-state index >= 15 is 0 Å². The number of nitrogens with one attached hydrogen (secondary N) is 1. The van der Waals surface area contributed by atoms with Crippen LogP contribution in [0.4, 0.5) is 0 Å². The van der Waals surface area contributed by atoms with Crippen molar-refractivity contribution in [1.29, 1.82) is 0 Å². The maximum atomic E-state index is 12.4. The zero-order chi connectivity index (χ0) is 16.1. The number of rotatable bonds is 5. The average molecular weight is 318 g/mol. The van der Waals surface area contributed by atoms with E-state index in [2.05, 4.69) is 10.3 Å². The topological polar surface area (TPSA) is 68.3 Å². The van der Waals surface area contributed by atoms with Gasteiger partial charge in [-0.25, -0.2) is 4.98 Å². The molecular formula is C16H18N2O3S. The van der Waals surface area contributed by atoms with E-state index < -0.39 is 6.04 Å². The van der Waals surface area contributed by atoms with E-state index in [4.69, 9.17) is 4.74 Å². The molecule has 0 fully saturated rings. The van der Waals surface area contributed by atoms with Gasteiger partial charge in [-0.3, -0.25) is 9.59 Å². The Kier molecular flexibility index (Phi) is 5.27. The molecule has 0 aliphatic rings. The number of aromatic nitrogens is 1. The molecule has 0 saturated heterocycles. The van der Waals surface area contributed by atoms with Crippen molar-refractivity contribution in [2.75, 3.05) is 7.11 Å². The van der Waals surface area contributed by atoms with Gasteiger partial charge in [0.2, 0.25) is 0 Å². The summed E-state index contributed by atoms with van der Waals surface area (Å²) in [5.74, 6) is -0.596. The lowest BCUT2D eigenvalue weighted by Gasteiger charge is -2.18. The van der Waals surface area contributed by atoms with Crippen LogP contribution in [0.2, 0.25) is 0 Å². The molecule has 0 radical (unpaired) electrons. The van der Waals surface area contributed by atoms with Crippen molar-refractivity contribution < 1.29 is 14.3 Å². The lowest BCUT2D eigenvalue weighted by molar-refractivity contribution is -0.141. The van der Waals surface area contributed by atoms with Crippen molar-refractivity contribution in [2.24, 2.45) is 0 Å². The van der Waals surface area contributed by atoms with Crippen molar-refractivity contribution >= 4 is 23.2 Å². The number of esters is 1. The van der Waals surface area contributed by atoms with Crippen molar-refractivity contribution in [3.05, 3.63) is 51.5 Å². The Labute approximate surface area is 133 Å². The monoisotopic (exact) mass is 318 g/mol. The summed E-state index contributed by atoms with van der Waals surface area (Å²) in [5, 5.41) is 2.89. The highest BCUT2D eigenvalue weighted by molar-refractivity contribution is 7.11. The van der Waals surface area contributed by atoms with E-state index in [0.717, 1.165) is 11.1 Å². The molecule has 1 N–H and O–H groups in total. The number of aryl methyl sites for hydroxylation is 2. The standard InChI is InChI=1S/C16H18N2O3S/c1-10-4-6-12(7-5-10)13(8-14(19)21-3)18-16(20)15-11(2)17-9-22-15/h4-7,9,13H,8H2,1-3H3,(H,18,20). The fourth-order valence-corrected chi connectivity index (χ4v) is 2.75. The van der Waals surface area contributed by atoms with Crippen molar-refractivity contribution in [3.63, 3.8) is 0 Å². The van der Waals surface area contributed by atoms with E-state index in [0.29, 0.717) is 10.6 Å². The van der Waals surface area contributed by atoms with Crippen LogP contribution in [0.3, 0.4) is 0 Å². The molecular weight excluding hydrogens is 300 g/mol. The molecule has 0 saturated carbocycles. The van der Waals surface area contributed by atoms with E-state index in [1.807, 2.05) is 31.2 Å². The molecule has 1 heterocycles. The van der Waals surface area contributed by atoms with Gasteiger partial charge in [0.1, 0.15) is 4.88 Å². The van der Waals surface area contributed by atoms with Crippen LogP contribution in [0.1, 0.15) is 39.0 Å². The minimum absolute atomic E-state index is 0.0865. The summed E-state index contributed by atoms with van der Waals surface area (Å²) in [7, 11) is 1.34. The second-order valence-electron chi connectivity index (χ2n) is 4.98. The number of hydrogen-bond donors (Lipinski definition) is 1. The normalized spacial score (nSPS) is 11.8. The third-order valence-electron chi connectivity index (χ3n) is 3.34. The number of ether oxygens (including phenoxy) is 1.